The quantitative estimate of drug-likeness (QED) is 0.801. The Morgan fingerprint density at radius 1 is 1.48 bits per heavy atom. The van der Waals surface area contributed by atoms with Gasteiger partial charge in [-0.25, -0.2) is 4.79 Å². The average molecular weight is 291 g/mol. The first-order valence-corrected chi connectivity index (χ1v) is 7.56. The van der Waals surface area contributed by atoms with Crippen molar-refractivity contribution in [1.82, 2.24) is 5.16 Å². The van der Waals surface area contributed by atoms with Crippen molar-refractivity contribution >= 4 is 11.5 Å². The van der Waals surface area contributed by atoms with E-state index >= 15 is 0 Å². The van der Waals surface area contributed by atoms with Gasteiger partial charge in [0.2, 0.25) is 0 Å². The topological polar surface area (TPSA) is 61.6 Å². The van der Waals surface area contributed by atoms with E-state index in [-0.39, 0.29) is 5.69 Å². The van der Waals surface area contributed by atoms with Crippen molar-refractivity contribution in [3.8, 4) is 0 Å². The lowest BCUT2D eigenvalue weighted by atomic mass is 9.74. The third kappa shape index (κ3) is 2.62. The van der Waals surface area contributed by atoms with Gasteiger partial charge in [-0.15, -0.1) is 0 Å². The fourth-order valence-corrected chi connectivity index (χ4v) is 3.18. The Hall–Kier alpha value is -1.62. The van der Waals surface area contributed by atoms with E-state index in [1.54, 1.807) is 6.92 Å². The fraction of sp³-hybridized carbons (Fsp3) is 0.625. The second-order valence-electron chi connectivity index (χ2n) is 5.94. The lowest BCUT2D eigenvalue weighted by molar-refractivity contribution is 0.0514. The predicted octanol–water partition coefficient (Wildman–Crippen LogP) is 3.13. The highest BCUT2D eigenvalue weighted by molar-refractivity contribution is 5.90. The maximum absolute atomic E-state index is 11.8. The van der Waals surface area contributed by atoms with Crippen molar-refractivity contribution in [1.29, 1.82) is 0 Å². The molecule has 0 radical (unpaired) electrons. The number of allylic oxidation sites excluding steroid dienone is 2. The van der Waals surface area contributed by atoms with Gasteiger partial charge < -0.3 is 14.0 Å². The first-order chi connectivity index (χ1) is 10.2. The smallest absolute Gasteiger partial charge is 0.360 e. The van der Waals surface area contributed by atoms with Crippen LogP contribution in [0.2, 0.25) is 0 Å². The van der Waals surface area contributed by atoms with Gasteiger partial charge in [-0.2, -0.15) is 0 Å². The molecule has 1 saturated heterocycles. The van der Waals surface area contributed by atoms with E-state index in [9.17, 15) is 4.79 Å². The minimum Gasteiger partial charge on any atom is -0.461 e. The highest BCUT2D eigenvalue weighted by Crippen LogP contribution is 2.44. The Morgan fingerprint density at radius 2 is 2.33 bits per heavy atom. The van der Waals surface area contributed by atoms with E-state index in [1.807, 2.05) is 6.92 Å². The Bertz CT molecular complexity index is 567. The molecule has 5 nitrogen and oxygen atoms in total. The Morgan fingerprint density at radius 3 is 2.95 bits per heavy atom. The molecule has 0 saturated carbocycles. The lowest BCUT2D eigenvalue weighted by Gasteiger charge is -2.30. The standard InChI is InChI=1S/C16H21NO4/c1-3-20-15(18)13-11(2)14(21-17-13)12-4-6-16(7-5-12)8-9-19-10-16/h4H,3,5-10H2,1-2H3. The molecule has 0 bridgehead atoms. The third-order valence-electron chi connectivity index (χ3n) is 4.58. The molecule has 3 rings (SSSR count). The minimum absolute atomic E-state index is 0.289. The molecule has 2 heterocycles. The first kappa shape index (κ1) is 14.3. The molecule has 0 aromatic carbocycles. The van der Waals surface area contributed by atoms with Gasteiger partial charge in [0.05, 0.1) is 13.2 Å². The van der Waals surface area contributed by atoms with E-state index in [1.165, 1.54) is 0 Å². The molecule has 0 N–H and O–H groups in total. The molecule has 21 heavy (non-hydrogen) atoms. The number of hydrogen-bond acceptors (Lipinski definition) is 5. The van der Waals surface area contributed by atoms with Crippen LogP contribution in [-0.4, -0.2) is 30.9 Å². The Balaban J connectivity index is 1.79. The van der Waals surface area contributed by atoms with Gasteiger partial charge in [0.1, 0.15) is 0 Å². The molecule has 1 aliphatic carbocycles. The van der Waals surface area contributed by atoms with Gasteiger partial charge in [0.15, 0.2) is 11.5 Å². The van der Waals surface area contributed by atoms with Crippen LogP contribution in [0.1, 0.15) is 54.4 Å². The zero-order valence-corrected chi connectivity index (χ0v) is 12.6. The van der Waals surface area contributed by atoms with Crippen LogP contribution in [0.5, 0.6) is 0 Å². The molecule has 1 atom stereocenters. The maximum atomic E-state index is 11.8. The highest BCUT2D eigenvalue weighted by atomic mass is 16.5. The summed E-state index contributed by atoms with van der Waals surface area (Å²) in [4.78, 5) is 11.8. The number of carbonyl (C=O) groups excluding carboxylic acids is 1. The molecule has 114 valence electrons. The van der Waals surface area contributed by atoms with Crippen LogP contribution in [-0.2, 0) is 9.47 Å². The van der Waals surface area contributed by atoms with Gasteiger partial charge >= 0.3 is 5.97 Å². The van der Waals surface area contributed by atoms with Crippen molar-refractivity contribution in [3.05, 3.63) is 23.1 Å². The molecule has 1 spiro atoms. The Kier molecular flexibility index (Phi) is 3.85. The number of aromatic nitrogens is 1. The summed E-state index contributed by atoms with van der Waals surface area (Å²) in [7, 11) is 0. The largest absolute Gasteiger partial charge is 0.461 e. The van der Waals surface area contributed by atoms with Crippen molar-refractivity contribution in [2.45, 2.75) is 39.5 Å². The molecule has 1 aromatic rings. The number of esters is 1. The first-order valence-electron chi connectivity index (χ1n) is 7.56. The zero-order chi connectivity index (χ0) is 14.9. The summed E-state index contributed by atoms with van der Waals surface area (Å²) in [6.45, 7) is 5.71. The summed E-state index contributed by atoms with van der Waals surface area (Å²) < 4.78 is 15.9. The number of rotatable bonds is 3. The van der Waals surface area contributed by atoms with Crippen LogP contribution in [0.15, 0.2) is 10.6 Å². The van der Waals surface area contributed by atoms with Crippen LogP contribution in [0, 0.1) is 12.3 Å². The summed E-state index contributed by atoms with van der Waals surface area (Å²) in [5.41, 5.74) is 2.53. The van der Waals surface area contributed by atoms with E-state index in [0.717, 1.165) is 55.8 Å². The van der Waals surface area contributed by atoms with Crippen LogP contribution in [0.3, 0.4) is 0 Å². The van der Waals surface area contributed by atoms with E-state index in [2.05, 4.69) is 11.2 Å². The maximum Gasteiger partial charge on any atom is 0.360 e. The van der Waals surface area contributed by atoms with Gasteiger partial charge in [0.25, 0.3) is 0 Å². The summed E-state index contributed by atoms with van der Waals surface area (Å²) in [6.07, 6.45) is 6.42. The van der Waals surface area contributed by atoms with E-state index in [0.29, 0.717) is 12.0 Å². The zero-order valence-electron chi connectivity index (χ0n) is 12.6. The van der Waals surface area contributed by atoms with Gasteiger partial charge in [-0.05, 0) is 50.5 Å². The second kappa shape index (κ2) is 5.64. The monoisotopic (exact) mass is 291 g/mol. The second-order valence-corrected chi connectivity index (χ2v) is 5.94. The predicted molar refractivity (Wildman–Crippen MR) is 76.9 cm³/mol. The molecular weight excluding hydrogens is 270 g/mol. The van der Waals surface area contributed by atoms with Crippen LogP contribution >= 0.6 is 0 Å². The lowest BCUT2D eigenvalue weighted by Crippen LogP contribution is -2.23. The molecule has 1 fully saturated rings. The fourth-order valence-electron chi connectivity index (χ4n) is 3.18. The SMILES string of the molecule is CCOC(=O)c1noc(C2=CCC3(CCOC3)CC2)c1C. The molecule has 5 heteroatoms. The van der Waals surface area contributed by atoms with Crippen molar-refractivity contribution < 1.29 is 18.8 Å². The summed E-state index contributed by atoms with van der Waals surface area (Å²) in [5.74, 6) is 0.314. The number of carbonyl (C=O) groups is 1. The number of nitrogens with zero attached hydrogens (tertiary/aromatic N) is 1. The third-order valence-corrected chi connectivity index (χ3v) is 4.58. The summed E-state index contributed by atoms with van der Waals surface area (Å²) in [5, 5.41) is 3.88. The molecule has 2 aliphatic rings. The highest BCUT2D eigenvalue weighted by Gasteiger charge is 2.37. The molecule has 1 unspecified atom stereocenters. The minimum atomic E-state index is -0.415. The molecule has 0 amide bonds. The average Bonchev–Trinajstić information content (AvgIpc) is 3.08. The molecule has 1 aromatic heterocycles. The van der Waals surface area contributed by atoms with Crippen LogP contribution in [0.4, 0.5) is 0 Å². The summed E-state index contributed by atoms with van der Waals surface area (Å²) >= 11 is 0. The Labute approximate surface area is 124 Å². The van der Waals surface area contributed by atoms with Gasteiger partial charge in [-0.3, -0.25) is 0 Å². The normalized spacial score (nSPS) is 25.1. The van der Waals surface area contributed by atoms with Gasteiger partial charge in [0, 0.05) is 12.2 Å². The number of hydrogen-bond donors (Lipinski definition) is 0. The van der Waals surface area contributed by atoms with E-state index in [4.69, 9.17) is 14.0 Å². The molecule has 1 aliphatic heterocycles. The van der Waals surface area contributed by atoms with Crippen LogP contribution in [0.25, 0.3) is 5.57 Å². The van der Waals surface area contributed by atoms with Crippen molar-refractivity contribution in [3.63, 3.8) is 0 Å². The number of ether oxygens (including phenoxy) is 2. The van der Waals surface area contributed by atoms with Crippen molar-refractivity contribution in [2.24, 2.45) is 5.41 Å². The van der Waals surface area contributed by atoms with Gasteiger partial charge in [-0.1, -0.05) is 11.2 Å². The van der Waals surface area contributed by atoms with Crippen molar-refractivity contribution in [2.75, 3.05) is 19.8 Å². The summed E-state index contributed by atoms with van der Waals surface area (Å²) in [6, 6.07) is 0. The van der Waals surface area contributed by atoms with E-state index < -0.39 is 5.97 Å². The van der Waals surface area contributed by atoms with Crippen LogP contribution < -0.4 is 0 Å². The molecular formula is C16H21NO4.